The maximum absolute atomic E-state index is 14.2. The predicted molar refractivity (Wildman–Crippen MR) is 153 cm³/mol. The molecule has 0 aromatic heterocycles. The molecule has 0 aliphatic heterocycles. The molecule has 1 aromatic rings. The summed E-state index contributed by atoms with van der Waals surface area (Å²) >= 11 is 0. The maximum atomic E-state index is 14.2. The molecule has 2 unspecified atom stereocenters. The summed E-state index contributed by atoms with van der Waals surface area (Å²) in [6.45, 7) is 15.8. The van der Waals surface area contributed by atoms with Gasteiger partial charge in [-0.15, -0.1) is 0 Å². The van der Waals surface area contributed by atoms with Crippen LogP contribution < -0.4 is 10.6 Å². The summed E-state index contributed by atoms with van der Waals surface area (Å²) in [4.78, 5) is 42.7. The van der Waals surface area contributed by atoms with Crippen LogP contribution in [0.3, 0.4) is 0 Å². The molecule has 0 bridgehead atoms. The number of carbonyl (C=O) groups is 3. The van der Waals surface area contributed by atoms with E-state index >= 15 is 0 Å². The van der Waals surface area contributed by atoms with Crippen molar-refractivity contribution in [3.8, 4) is 0 Å². The van der Waals surface area contributed by atoms with Gasteiger partial charge in [0, 0.05) is 12.6 Å². The van der Waals surface area contributed by atoms with Crippen LogP contribution in [0.2, 0.25) is 0 Å². The van der Waals surface area contributed by atoms with Gasteiger partial charge in [-0.1, -0.05) is 76.6 Å². The monoisotopic (exact) mass is 529 g/mol. The Labute approximate surface area is 230 Å². The third-order valence-corrected chi connectivity index (χ3v) is 7.12. The minimum absolute atomic E-state index is 0.123. The highest BCUT2D eigenvalue weighted by Gasteiger charge is 2.38. The first kappa shape index (κ1) is 31.6. The molecular formula is C31H51N3O4. The lowest BCUT2D eigenvalue weighted by molar-refractivity contribution is -0.143. The van der Waals surface area contributed by atoms with Gasteiger partial charge < -0.3 is 20.3 Å². The smallest absolute Gasteiger partial charge is 0.408 e. The molecule has 0 heterocycles. The minimum Gasteiger partial charge on any atom is -0.444 e. The van der Waals surface area contributed by atoms with E-state index in [1.807, 2.05) is 39.8 Å². The number of rotatable bonds is 11. The Morgan fingerprint density at radius 3 is 2.26 bits per heavy atom. The first-order valence-electron chi connectivity index (χ1n) is 14.5. The number of unbranched alkanes of at least 4 members (excludes halogenated alkanes) is 2. The summed E-state index contributed by atoms with van der Waals surface area (Å²) in [5.41, 5.74) is 2.22. The van der Waals surface area contributed by atoms with E-state index in [-0.39, 0.29) is 23.8 Å². The van der Waals surface area contributed by atoms with Gasteiger partial charge in [0.05, 0.1) is 0 Å². The molecule has 7 nitrogen and oxygen atoms in total. The van der Waals surface area contributed by atoms with E-state index in [2.05, 4.69) is 23.6 Å². The van der Waals surface area contributed by atoms with Gasteiger partial charge in [-0.25, -0.2) is 4.79 Å². The molecule has 0 spiro atoms. The first-order chi connectivity index (χ1) is 17.8. The summed E-state index contributed by atoms with van der Waals surface area (Å²) in [5, 5.41) is 6.09. The topological polar surface area (TPSA) is 87.7 Å². The van der Waals surface area contributed by atoms with Gasteiger partial charge in [0.2, 0.25) is 11.8 Å². The van der Waals surface area contributed by atoms with Crippen molar-refractivity contribution in [2.75, 3.05) is 6.54 Å². The molecule has 0 radical (unpaired) electrons. The molecule has 2 atom stereocenters. The SMILES string of the molecule is CCCCCN(C(=O)C(NC(=O)OC(C)(C)C)C(C)C)C(C(=O)NC1CCCCC1)c1ccc(C)cc1C. The Bertz CT molecular complexity index is 932. The van der Waals surface area contributed by atoms with E-state index in [4.69, 9.17) is 4.74 Å². The molecule has 1 aliphatic carbocycles. The predicted octanol–water partition coefficient (Wildman–Crippen LogP) is 6.36. The quantitative estimate of drug-likeness (QED) is 0.327. The largest absolute Gasteiger partial charge is 0.444 e. The Morgan fingerprint density at radius 2 is 1.71 bits per heavy atom. The lowest BCUT2D eigenvalue weighted by Gasteiger charge is -2.37. The number of amides is 3. The van der Waals surface area contributed by atoms with Crippen molar-refractivity contribution in [2.24, 2.45) is 5.92 Å². The van der Waals surface area contributed by atoms with Crippen molar-refractivity contribution < 1.29 is 19.1 Å². The number of benzene rings is 1. The lowest BCUT2D eigenvalue weighted by Crippen LogP contribution is -2.55. The molecule has 2 N–H and O–H groups in total. The highest BCUT2D eigenvalue weighted by Crippen LogP contribution is 2.29. The highest BCUT2D eigenvalue weighted by atomic mass is 16.6. The Morgan fingerprint density at radius 1 is 1.05 bits per heavy atom. The zero-order chi connectivity index (χ0) is 28.5. The highest BCUT2D eigenvalue weighted by molar-refractivity contribution is 5.92. The van der Waals surface area contributed by atoms with E-state index in [0.717, 1.165) is 61.6 Å². The molecule has 2 rings (SSSR count). The molecule has 1 aromatic carbocycles. The van der Waals surface area contributed by atoms with Crippen LogP contribution in [0.4, 0.5) is 4.79 Å². The van der Waals surface area contributed by atoms with Gasteiger partial charge in [0.15, 0.2) is 0 Å². The number of nitrogens with zero attached hydrogens (tertiary/aromatic N) is 1. The minimum atomic E-state index is -0.817. The number of ether oxygens (including phenoxy) is 1. The van der Waals surface area contributed by atoms with E-state index in [9.17, 15) is 14.4 Å². The van der Waals surface area contributed by atoms with Crippen LogP contribution in [0, 0.1) is 19.8 Å². The third-order valence-electron chi connectivity index (χ3n) is 7.12. The molecule has 38 heavy (non-hydrogen) atoms. The number of carbonyl (C=O) groups excluding carboxylic acids is 3. The van der Waals surface area contributed by atoms with Crippen LogP contribution in [0.25, 0.3) is 0 Å². The summed E-state index contributed by atoms with van der Waals surface area (Å²) in [6, 6.07) is 4.56. The molecule has 1 saturated carbocycles. The molecule has 3 amide bonds. The summed E-state index contributed by atoms with van der Waals surface area (Å²) in [7, 11) is 0. The number of hydrogen-bond acceptors (Lipinski definition) is 4. The average molecular weight is 530 g/mol. The Hall–Kier alpha value is -2.57. The van der Waals surface area contributed by atoms with Gasteiger partial charge in [0.25, 0.3) is 0 Å². The molecule has 7 heteroatoms. The second-order valence-corrected chi connectivity index (χ2v) is 12.2. The summed E-state index contributed by atoms with van der Waals surface area (Å²) in [6.07, 6.45) is 7.41. The van der Waals surface area contributed by atoms with Gasteiger partial charge in [-0.2, -0.15) is 0 Å². The van der Waals surface area contributed by atoms with Crippen molar-refractivity contribution in [3.05, 3.63) is 34.9 Å². The van der Waals surface area contributed by atoms with Crippen molar-refractivity contribution >= 4 is 17.9 Å². The Kier molecular flexibility index (Phi) is 12.1. The number of alkyl carbamates (subject to hydrolysis) is 1. The third kappa shape index (κ3) is 9.63. The van der Waals surface area contributed by atoms with Crippen LogP contribution in [0.1, 0.15) is 116 Å². The van der Waals surface area contributed by atoms with Gasteiger partial charge >= 0.3 is 6.09 Å². The molecule has 1 fully saturated rings. The van der Waals surface area contributed by atoms with Gasteiger partial charge in [-0.05, 0) is 70.9 Å². The zero-order valence-corrected chi connectivity index (χ0v) is 25.0. The van der Waals surface area contributed by atoms with E-state index in [1.54, 1.807) is 25.7 Å². The van der Waals surface area contributed by atoms with Crippen LogP contribution >= 0.6 is 0 Å². The van der Waals surface area contributed by atoms with E-state index < -0.39 is 23.8 Å². The normalized spacial score (nSPS) is 16.0. The first-order valence-corrected chi connectivity index (χ1v) is 14.5. The zero-order valence-electron chi connectivity index (χ0n) is 25.0. The number of hydrogen-bond donors (Lipinski definition) is 2. The van der Waals surface area contributed by atoms with E-state index in [0.29, 0.717) is 6.54 Å². The fourth-order valence-electron chi connectivity index (χ4n) is 5.14. The van der Waals surface area contributed by atoms with Crippen LogP contribution in [-0.2, 0) is 14.3 Å². The van der Waals surface area contributed by atoms with Gasteiger partial charge in [0.1, 0.15) is 17.7 Å². The molecular weight excluding hydrogens is 478 g/mol. The second kappa shape index (κ2) is 14.5. The van der Waals surface area contributed by atoms with Crippen molar-refractivity contribution in [3.63, 3.8) is 0 Å². The number of nitrogens with one attached hydrogen (secondary N) is 2. The van der Waals surface area contributed by atoms with E-state index in [1.165, 1.54) is 6.42 Å². The second-order valence-electron chi connectivity index (χ2n) is 12.2. The Balaban J connectivity index is 2.49. The summed E-state index contributed by atoms with van der Waals surface area (Å²) < 4.78 is 5.47. The lowest BCUT2D eigenvalue weighted by atomic mass is 9.92. The fourth-order valence-corrected chi connectivity index (χ4v) is 5.14. The van der Waals surface area contributed by atoms with Crippen molar-refractivity contribution in [2.45, 2.75) is 130 Å². The van der Waals surface area contributed by atoms with Crippen molar-refractivity contribution in [1.29, 1.82) is 0 Å². The average Bonchev–Trinajstić information content (AvgIpc) is 2.82. The van der Waals surface area contributed by atoms with Crippen LogP contribution in [0.5, 0.6) is 0 Å². The molecule has 0 saturated heterocycles. The van der Waals surface area contributed by atoms with Crippen LogP contribution in [-0.4, -0.2) is 47.0 Å². The fraction of sp³-hybridized carbons (Fsp3) is 0.710. The van der Waals surface area contributed by atoms with Crippen LogP contribution in [0.15, 0.2) is 18.2 Å². The number of aryl methyl sites for hydroxylation is 2. The maximum Gasteiger partial charge on any atom is 0.408 e. The van der Waals surface area contributed by atoms with Crippen molar-refractivity contribution in [1.82, 2.24) is 15.5 Å². The molecule has 214 valence electrons. The summed E-state index contributed by atoms with van der Waals surface area (Å²) in [5.74, 6) is -0.593. The molecule has 1 aliphatic rings. The van der Waals surface area contributed by atoms with Gasteiger partial charge in [-0.3, -0.25) is 9.59 Å². The standard InChI is InChI=1S/C31H51N3O4/c1-9-10-14-19-34(29(36)26(21(2)3)33-30(37)38-31(6,7)8)27(25-18-17-22(4)20-23(25)5)28(35)32-24-15-12-11-13-16-24/h17-18,20-21,24,26-27H,9-16,19H2,1-8H3,(H,32,35)(H,33,37).